The first-order valence-corrected chi connectivity index (χ1v) is 12.3. The van der Waals surface area contributed by atoms with Gasteiger partial charge in [0.05, 0.1) is 12.1 Å². The van der Waals surface area contributed by atoms with Crippen molar-refractivity contribution in [2.75, 3.05) is 25.4 Å². The molecule has 31 heavy (non-hydrogen) atoms. The van der Waals surface area contributed by atoms with Crippen molar-refractivity contribution >= 4 is 23.9 Å². The van der Waals surface area contributed by atoms with Crippen molar-refractivity contribution in [1.29, 1.82) is 0 Å². The van der Waals surface area contributed by atoms with Gasteiger partial charge in [-0.2, -0.15) is 0 Å². The summed E-state index contributed by atoms with van der Waals surface area (Å²) in [7, 11) is 0. The zero-order valence-electron chi connectivity index (χ0n) is 19.1. The van der Waals surface area contributed by atoms with Crippen LogP contribution in [0.2, 0.25) is 0 Å². The molecule has 0 bridgehead atoms. The molecule has 2 fully saturated rings. The molecule has 1 aromatic carbocycles. The maximum absolute atomic E-state index is 14.0. The van der Waals surface area contributed by atoms with E-state index in [9.17, 15) is 14.0 Å². The highest BCUT2D eigenvalue weighted by atomic mass is 32.2. The molecule has 1 aliphatic carbocycles. The number of imide groups is 1. The highest BCUT2D eigenvalue weighted by Crippen LogP contribution is 2.47. The van der Waals surface area contributed by atoms with Gasteiger partial charge in [0.25, 0.3) is 0 Å². The average Bonchev–Trinajstić information content (AvgIpc) is 3.46. The van der Waals surface area contributed by atoms with Crippen LogP contribution < -0.4 is 14.8 Å². The number of halogens is 1. The van der Waals surface area contributed by atoms with Crippen molar-refractivity contribution in [2.24, 2.45) is 5.92 Å². The van der Waals surface area contributed by atoms with Crippen LogP contribution in [0.1, 0.15) is 65.4 Å². The van der Waals surface area contributed by atoms with Crippen molar-refractivity contribution in [3.05, 3.63) is 29.6 Å². The van der Waals surface area contributed by atoms with Gasteiger partial charge >= 0.3 is 6.03 Å². The van der Waals surface area contributed by atoms with Gasteiger partial charge < -0.3 is 9.64 Å². The third-order valence-electron chi connectivity index (χ3n) is 5.12. The van der Waals surface area contributed by atoms with E-state index in [-0.39, 0.29) is 29.8 Å². The molecule has 0 unspecified atom stereocenters. The number of carbonyl (C=O) groups excluding carboxylic acids is 2. The normalized spacial score (nSPS) is 16.8. The van der Waals surface area contributed by atoms with Crippen LogP contribution in [0.4, 0.5) is 9.18 Å². The standard InChI is InChI=1S/C21H30FN3O3S.C2H6/c1-15(2)14-28-18-12-16(6-7-17(18)22)21(8-9-21)24-29-11-5-3-4-10-25-13-19(26)23-20(25)27;1-2/h6-7,12,15,24H,3-5,8-11,13-14H2,1-2H3,(H,23,26,27);1-2H3. The van der Waals surface area contributed by atoms with Crippen LogP contribution in [0.3, 0.4) is 0 Å². The van der Waals surface area contributed by atoms with Crippen LogP contribution in [-0.4, -0.2) is 42.3 Å². The third kappa shape index (κ3) is 7.68. The number of nitrogens with one attached hydrogen (secondary N) is 2. The number of benzene rings is 1. The van der Waals surface area contributed by atoms with Crippen LogP contribution >= 0.6 is 11.9 Å². The van der Waals surface area contributed by atoms with Gasteiger partial charge in [-0.25, -0.2) is 9.18 Å². The zero-order valence-corrected chi connectivity index (χ0v) is 19.9. The Hall–Kier alpha value is -1.80. The van der Waals surface area contributed by atoms with Gasteiger partial charge in [-0.3, -0.25) is 14.8 Å². The van der Waals surface area contributed by atoms with Crippen LogP contribution in [0.15, 0.2) is 18.2 Å². The van der Waals surface area contributed by atoms with Crippen molar-refractivity contribution in [2.45, 2.75) is 65.3 Å². The van der Waals surface area contributed by atoms with Gasteiger partial charge in [-0.1, -0.05) is 52.1 Å². The van der Waals surface area contributed by atoms with Gasteiger partial charge in [0.1, 0.15) is 6.54 Å². The number of hydrogen-bond acceptors (Lipinski definition) is 5. The summed E-state index contributed by atoms with van der Waals surface area (Å²) in [4.78, 5) is 24.2. The number of hydrogen-bond donors (Lipinski definition) is 2. The molecule has 2 N–H and O–H groups in total. The van der Waals surface area contributed by atoms with Gasteiger partial charge in [0.2, 0.25) is 5.91 Å². The van der Waals surface area contributed by atoms with E-state index in [2.05, 4.69) is 10.0 Å². The summed E-state index contributed by atoms with van der Waals surface area (Å²) in [5, 5.41) is 2.29. The van der Waals surface area contributed by atoms with E-state index in [1.807, 2.05) is 39.8 Å². The summed E-state index contributed by atoms with van der Waals surface area (Å²) in [6.45, 7) is 9.39. The lowest BCUT2D eigenvalue weighted by Crippen LogP contribution is -2.29. The van der Waals surface area contributed by atoms with E-state index in [4.69, 9.17) is 4.74 Å². The Kier molecular flexibility index (Phi) is 10.1. The fourth-order valence-electron chi connectivity index (χ4n) is 3.25. The monoisotopic (exact) mass is 453 g/mol. The molecule has 0 spiro atoms. The molecule has 2 aliphatic rings. The fourth-order valence-corrected chi connectivity index (χ4v) is 4.30. The van der Waals surface area contributed by atoms with Crippen molar-refractivity contribution in [1.82, 2.24) is 14.9 Å². The molecule has 1 aromatic rings. The Bertz CT molecular complexity index is 741. The predicted molar refractivity (Wildman–Crippen MR) is 124 cm³/mol. The van der Waals surface area contributed by atoms with Crippen molar-refractivity contribution in [3.8, 4) is 5.75 Å². The molecule has 6 nitrogen and oxygen atoms in total. The first kappa shape index (κ1) is 25.5. The van der Waals surface area contributed by atoms with Crippen LogP contribution in [0, 0.1) is 11.7 Å². The molecule has 1 saturated carbocycles. The molecule has 1 saturated heterocycles. The van der Waals surface area contributed by atoms with E-state index in [1.54, 1.807) is 16.8 Å². The Morgan fingerprint density at radius 2 is 1.97 bits per heavy atom. The molecule has 174 valence electrons. The summed E-state index contributed by atoms with van der Waals surface area (Å²) in [5.74, 6) is 1.11. The number of carbonyl (C=O) groups is 2. The maximum Gasteiger partial charge on any atom is 0.324 e. The van der Waals surface area contributed by atoms with E-state index in [1.165, 1.54) is 6.07 Å². The minimum absolute atomic E-state index is 0.0810. The molecular formula is C23H36FN3O3S. The Morgan fingerprint density at radius 3 is 2.58 bits per heavy atom. The minimum Gasteiger partial charge on any atom is -0.490 e. The molecular weight excluding hydrogens is 417 g/mol. The summed E-state index contributed by atoms with van der Waals surface area (Å²) in [6, 6.07) is 4.90. The fraction of sp³-hybridized carbons (Fsp3) is 0.652. The maximum atomic E-state index is 14.0. The Balaban J connectivity index is 0.00000166. The molecule has 0 radical (unpaired) electrons. The summed E-state index contributed by atoms with van der Waals surface area (Å²) >= 11 is 1.70. The molecule has 3 amide bonds. The summed E-state index contributed by atoms with van der Waals surface area (Å²) in [6.07, 6.45) is 4.99. The number of nitrogens with zero attached hydrogens (tertiary/aromatic N) is 1. The lowest BCUT2D eigenvalue weighted by atomic mass is 10.1. The van der Waals surface area contributed by atoms with Crippen LogP contribution in [-0.2, 0) is 10.3 Å². The molecule has 3 rings (SSSR count). The van der Waals surface area contributed by atoms with Crippen molar-refractivity contribution < 1.29 is 18.7 Å². The van der Waals surface area contributed by atoms with Gasteiger partial charge in [0.15, 0.2) is 11.6 Å². The van der Waals surface area contributed by atoms with E-state index in [0.29, 0.717) is 24.8 Å². The molecule has 1 heterocycles. The van der Waals surface area contributed by atoms with E-state index in [0.717, 1.165) is 43.4 Å². The highest BCUT2D eigenvalue weighted by Gasteiger charge is 2.44. The topological polar surface area (TPSA) is 70.7 Å². The number of ether oxygens (including phenoxy) is 1. The average molecular weight is 454 g/mol. The second-order valence-electron chi connectivity index (χ2n) is 8.22. The van der Waals surface area contributed by atoms with E-state index >= 15 is 0 Å². The summed E-state index contributed by atoms with van der Waals surface area (Å²) < 4.78 is 23.2. The first-order valence-electron chi connectivity index (χ1n) is 11.3. The lowest BCUT2D eigenvalue weighted by molar-refractivity contribution is -0.118. The zero-order chi connectivity index (χ0) is 22.9. The Morgan fingerprint density at radius 1 is 1.23 bits per heavy atom. The largest absolute Gasteiger partial charge is 0.490 e. The second kappa shape index (κ2) is 12.3. The lowest BCUT2D eigenvalue weighted by Gasteiger charge is -2.19. The van der Waals surface area contributed by atoms with Crippen LogP contribution in [0.25, 0.3) is 0 Å². The van der Waals surface area contributed by atoms with Crippen LogP contribution in [0.5, 0.6) is 5.75 Å². The molecule has 0 atom stereocenters. The summed E-state index contributed by atoms with van der Waals surface area (Å²) in [5.41, 5.74) is 0.998. The SMILES string of the molecule is CC.CC(C)COc1cc(C2(NSCCCCCN3CC(=O)NC3=O)CC2)ccc1F. The molecule has 1 aliphatic heterocycles. The number of amides is 3. The highest BCUT2D eigenvalue weighted by molar-refractivity contribution is 7.97. The number of unbranched alkanes of at least 4 members (excludes halogenated alkanes) is 2. The quantitative estimate of drug-likeness (QED) is 0.269. The first-order chi connectivity index (χ1) is 14.9. The van der Waals surface area contributed by atoms with Gasteiger partial charge in [-0.15, -0.1) is 0 Å². The number of urea groups is 1. The van der Waals surface area contributed by atoms with Gasteiger partial charge in [0, 0.05) is 12.3 Å². The molecule has 8 heteroatoms. The smallest absolute Gasteiger partial charge is 0.324 e. The minimum atomic E-state index is -0.314. The third-order valence-corrected chi connectivity index (χ3v) is 6.14. The Labute approximate surface area is 189 Å². The van der Waals surface area contributed by atoms with Gasteiger partial charge in [-0.05, 0) is 49.3 Å². The van der Waals surface area contributed by atoms with Crippen molar-refractivity contribution in [3.63, 3.8) is 0 Å². The van der Waals surface area contributed by atoms with E-state index < -0.39 is 0 Å². The molecule has 0 aromatic heterocycles. The number of rotatable bonds is 12. The predicted octanol–water partition coefficient (Wildman–Crippen LogP) is 4.84. The second-order valence-corrected chi connectivity index (χ2v) is 9.12.